The average molecular weight is 388 g/mol. The summed E-state index contributed by atoms with van der Waals surface area (Å²) in [5.41, 5.74) is 0.824. The van der Waals surface area contributed by atoms with Crippen LogP contribution in [0.15, 0.2) is 41.8 Å². The Kier molecular flexibility index (Phi) is 6.41. The quantitative estimate of drug-likeness (QED) is 0.699. The van der Waals surface area contributed by atoms with Gasteiger partial charge in [0.1, 0.15) is 18.2 Å². The van der Waals surface area contributed by atoms with Crippen molar-refractivity contribution in [3.63, 3.8) is 0 Å². The van der Waals surface area contributed by atoms with Crippen molar-refractivity contribution in [1.29, 1.82) is 0 Å². The van der Waals surface area contributed by atoms with E-state index in [-0.39, 0.29) is 13.2 Å². The second-order valence-electron chi connectivity index (χ2n) is 6.31. The Hall–Kier alpha value is -2.45. The van der Waals surface area contributed by atoms with Gasteiger partial charge in [0, 0.05) is 31.1 Å². The normalized spacial score (nSPS) is 14.8. The number of aryl methyl sites for hydroxylation is 1. The van der Waals surface area contributed by atoms with Gasteiger partial charge in [-0.3, -0.25) is 0 Å². The Morgan fingerprint density at radius 1 is 1.19 bits per heavy atom. The lowest BCUT2D eigenvalue weighted by molar-refractivity contribution is 0.309. The molecule has 0 atom stereocenters. The van der Waals surface area contributed by atoms with Gasteiger partial charge in [-0.2, -0.15) is 4.98 Å². The third-order valence-electron chi connectivity index (χ3n) is 4.13. The molecular weight excluding hydrogens is 364 g/mol. The van der Waals surface area contributed by atoms with E-state index in [4.69, 9.17) is 4.74 Å². The summed E-state index contributed by atoms with van der Waals surface area (Å²) < 4.78 is 32.1. The van der Waals surface area contributed by atoms with E-state index in [1.807, 2.05) is 43.3 Å². The van der Waals surface area contributed by atoms with Gasteiger partial charge >= 0.3 is 0 Å². The zero-order valence-corrected chi connectivity index (χ0v) is 16.2. The van der Waals surface area contributed by atoms with Gasteiger partial charge in [0.05, 0.1) is 0 Å². The van der Waals surface area contributed by atoms with Gasteiger partial charge in [-0.1, -0.05) is 30.3 Å². The van der Waals surface area contributed by atoms with E-state index in [0.29, 0.717) is 11.7 Å². The lowest BCUT2D eigenvalue weighted by Crippen LogP contribution is -2.26. The number of rotatable bonds is 8. The molecule has 1 fully saturated rings. The molecule has 8 heteroatoms. The Morgan fingerprint density at radius 3 is 2.67 bits per heavy atom. The molecule has 0 amide bonds. The van der Waals surface area contributed by atoms with Crippen molar-refractivity contribution in [2.45, 2.75) is 19.8 Å². The highest BCUT2D eigenvalue weighted by atomic mass is 32.2. The van der Waals surface area contributed by atoms with E-state index in [2.05, 4.69) is 19.6 Å². The number of hydrogen-bond donors (Lipinski definition) is 1. The van der Waals surface area contributed by atoms with Crippen LogP contribution in [0.25, 0.3) is 6.08 Å². The summed E-state index contributed by atoms with van der Waals surface area (Å²) in [6.45, 7) is 4.15. The predicted octanol–water partition coefficient (Wildman–Crippen LogP) is 2.35. The number of nitrogens with one attached hydrogen (secondary N) is 1. The minimum Gasteiger partial charge on any atom is -0.476 e. The molecular formula is C19H24N4O3S. The van der Waals surface area contributed by atoms with Gasteiger partial charge in [0.25, 0.3) is 0 Å². The van der Waals surface area contributed by atoms with Crippen molar-refractivity contribution in [2.75, 3.05) is 31.1 Å². The van der Waals surface area contributed by atoms with E-state index in [1.165, 1.54) is 0 Å². The molecule has 0 spiro atoms. The van der Waals surface area contributed by atoms with Gasteiger partial charge in [-0.15, -0.1) is 0 Å². The van der Waals surface area contributed by atoms with Gasteiger partial charge in [-0.05, 0) is 31.4 Å². The lowest BCUT2D eigenvalue weighted by Gasteiger charge is -2.17. The fourth-order valence-corrected chi connectivity index (χ4v) is 3.63. The van der Waals surface area contributed by atoms with Crippen LogP contribution >= 0.6 is 0 Å². The fourth-order valence-electron chi connectivity index (χ4n) is 2.83. The van der Waals surface area contributed by atoms with E-state index >= 15 is 0 Å². The van der Waals surface area contributed by atoms with Crippen LogP contribution < -0.4 is 14.4 Å². The van der Waals surface area contributed by atoms with Crippen molar-refractivity contribution >= 4 is 21.9 Å². The molecule has 27 heavy (non-hydrogen) atoms. The van der Waals surface area contributed by atoms with Crippen molar-refractivity contribution < 1.29 is 13.2 Å². The first-order valence-electron chi connectivity index (χ1n) is 8.98. The van der Waals surface area contributed by atoms with Gasteiger partial charge < -0.3 is 9.64 Å². The van der Waals surface area contributed by atoms with Crippen LogP contribution in [0.2, 0.25) is 0 Å². The second kappa shape index (κ2) is 8.96. The largest absolute Gasteiger partial charge is 0.476 e. The van der Waals surface area contributed by atoms with Crippen LogP contribution in [0, 0.1) is 6.92 Å². The predicted molar refractivity (Wildman–Crippen MR) is 106 cm³/mol. The van der Waals surface area contributed by atoms with Gasteiger partial charge in [0.15, 0.2) is 0 Å². The van der Waals surface area contributed by atoms with Crippen LogP contribution in [-0.2, 0) is 10.0 Å². The first kappa shape index (κ1) is 19.3. The average Bonchev–Trinajstić information content (AvgIpc) is 3.19. The maximum Gasteiger partial charge on any atom is 0.233 e. The van der Waals surface area contributed by atoms with E-state index in [9.17, 15) is 8.42 Å². The number of ether oxygens (including phenoxy) is 1. The molecule has 0 radical (unpaired) electrons. The number of benzene rings is 1. The Balaban J connectivity index is 1.50. The van der Waals surface area contributed by atoms with Gasteiger partial charge in [0.2, 0.25) is 15.9 Å². The topological polar surface area (TPSA) is 84.4 Å². The molecule has 0 bridgehead atoms. The molecule has 144 valence electrons. The molecule has 0 saturated carbocycles. The Morgan fingerprint density at radius 2 is 1.93 bits per heavy atom. The first-order chi connectivity index (χ1) is 13.0. The number of aromatic nitrogens is 2. The second-order valence-corrected chi connectivity index (χ2v) is 7.96. The van der Waals surface area contributed by atoms with E-state index in [0.717, 1.165) is 42.7 Å². The number of hydrogen-bond acceptors (Lipinski definition) is 6. The van der Waals surface area contributed by atoms with Crippen molar-refractivity contribution in [3.8, 4) is 5.88 Å². The Bertz CT molecular complexity index is 879. The third-order valence-corrected chi connectivity index (χ3v) is 5.23. The van der Waals surface area contributed by atoms with Crippen LogP contribution in [-0.4, -0.2) is 44.6 Å². The summed E-state index contributed by atoms with van der Waals surface area (Å²) in [5, 5.41) is 1.16. The minimum absolute atomic E-state index is 0.156. The third kappa shape index (κ3) is 6.04. The molecule has 2 aromatic rings. The number of anilines is 1. The summed E-state index contributed by atoms with van der Waals surface area (Å²) >= 11 is 0. The monoisotopic (exact) mass is 388 g/mol. The van der Waals surface area contributed by atoms with Crippen LogP contribution in [0.1, 0.15) is 24.2 Å². The zero-order chi connectivity index (χ0) is 19.1. The highest BCUT2D eigenvalue weighted by Crippen LogP contribution is 2.21. The van der Waals surface area contributed by atoms with Crippen molar-refractivity contribution in [3.05, 3.63) is 53.2 Å². The molecule has 2 heterocycles. The molecule has 1 aromatic carbocycles. The summed E-state index contributed by atoms with van der Waals surface area (Å²) in [7, 11) is -3.52. The highest BCUT2D eigenvalue weighted by Gasteiger charge is 2.15. The van der Waals surface area contributed by atoms with E-state index < -0.39 is 10.0 Å². The summed E-state index contributed by atoms with van der Waals surface area (Å²) in [4.78, 5) is 10.9. The minimum atomic E-state index is -3.52. The fraction of sp³-hybridized carbons (Fsp3) is 0.368. The van der Waals surface area contributed by atoms with Crippen molar-refractivity contribution in [1.82, 2.24) is 14.7 Å². The Labute approximate surface area is 160 Å². The van der Waals surface area contributed by atoms with Crippen molar-refractivity contribution in [2.24, 2.45) is 0 Å². The molecule has 1 aromatic heterocycles. The smallest absolute Gasteiger partial charge is 0.233 e. The van der Waals surface area contributed by atoms with Gasteiger partial charge in [-0.25, -0.2) is 18.1 Å². The standard InChI is InChI=1S/C19H24N4O3S/c1-16-21-18(23-11-5-6-12-23)15-19(22-16)26-13-10-20-27(24,25)14-9-17-7-3-2-4-8-17/h2-4,7-9,14-15,20H,5-6,10-13H2,1H3/b14-9+. The molecule has 0 unspecified atom stereocenters. The molecule has 7 nitrogen and oxygen atoms in total. The zero-order valence-electron chi connectivity index (χ0n) is 15.3. The molecule has 1 saturated heterocycles. The molecule has 1 N–H and O–H groups in total. The molecule has 3 rings (SSSR count). The first-order valence-corrected chi connectivity index (χ1v) is 10.5. The summed E-state index contributed by atoms with van der Waals surface area (Å²) in [5.74, 6) is 1.96. The van der Waals surface area contributed by atoms with E-state index in [1.54, 1.807) is 6.08 Å². The highest BCUT2D eigenvalue weighted by molar-refractivity contribution is 7.92. The molecule has 1 aliphatic rings. The molecule has 1 aliphatic heterocycles. The SMILES string of the molecule is Cc1nc(OCCNS(=O)(=O)/C=C/c2ccccc2)cc(N2CCCC2)n1. The molecule has 0 aliphatic carbocycles. The number of nitrogens with zero attached hydrogens (tertiary/aromatic N) is 3. The maximum atomic E-state index is 12.0. The summed E-state index contributed by atoms with van der Waals surface area (Å²) in [6, 6.07) is 11.1. The van der Waals surface area contributed by atoms with Crippen LogP contribution in [0.4, 0.5) is 5.82 Å². The lowest BCUT2D eigenvalue weighted by atomic mass is 10.2. The van der Waals surface area contributed by atoms with Crippen LogP contribution in [0.5, 0.6) is 5.88 Å². The van der Waals surface area contributed by atoms with Crippen LogP contribution in [0.3, 0.4) is 0 Å². The number of sulfonamides is 1. The maximum absolute atomic E-state index is 12.0. The summed E-state index contributed by atoms with van der Waals surface area (Å²) in [6.07, 6.45) is 3.88.